The van der Waals surface area contributed by atoms with Crippen LogP contribution < -0.4 is 0 Å². The van der Waals surface area contributed by atoms with Crippen molar-refractivity contribution >= 4 is 27.4 Å². The maximum Gasteiger partial charge on any atom is 0.174 e. The SMILES string of the molecule is CC(C[Si](C)(C)O[Si](C)(C)C)c1ccc2ccccc2c1. The van der Waals surface area contributed by atoms with Gasteiger partial charge in [-0.25, -0.2) is 0 Å². The van der Waals surface area contributed by atoms with Crippen LogP contribution in [0.4, 0.5) is 0 Å². The molecule has 0 aliphatic heterocycles. The van der Waals surface area contributed by atoms with Crippen molar-refractivity contribution in [2.24, 2.45) is 0 Å². The topological polar surface area (TPSA) is 9.23 Å². The zero-order valence-corrected chi connectivity index (χ0v) is 16.2. The molecule has 0 heterocycles. The molecule has 0 aromatic heterocycles. The molecule has 3 heteroatoms. The first-order valence-electron chi connectivity index (χ1n) is 7.85. The molecule has 2 aromatic carbocycles. The fraction of sp³-hybridized carbons (Fsp3) is 0.444. The van der Waals surface area contributed by atoms with Crippen LogP contribution in [0.5, 0.6) is 0 Å². The quantitative estimate of drug-likeness (QED) is 0.615. The lowest BCUT2D eigenvalue weighted by Crippen LogP contribution is -2.42. The van der Waals surface area contributed by atoms with Gasteiger partial charge >= 0.3 is 0 Å². The average Bonchev–Trinajstić information content (AvgIpc) is 2.34. The highest BCUT2D eigenvalue weighted by atomic mass is 28.4. The highest BCUT2D eigenvalue weighted by Gasteiger charge is 2.31. The van der Waals surface area contributed by atoms with Crippen LogP contribution in [-0.4, -0.2) is 16.6 Å². The van der Waals surface area contributed by atoms with Crippen molar-refractivity contribution in [1.29, 1.82) is 0 Å². The van der Waals surface area contributed by atoms with E-state index < -0.39 is 16.6 Å². The monoisotopic (exact) mass is 316 g/mol. The van der Waals surface area contributed by atoms with Crippen LogP contribution in [0.15, 0.2) is 42.5 Å². The van der Waals surface area contributed by atoms with Crippen LogP contribution in [0.3, 0.4) is 0 Å². The Kier molecular flexibility index (Phi) is 4.76. The molecule has 2 aromatic rings. The zero-order valence-electron chi connectivity index (χ0n) is 14.2. The van der Waals surface area contributed by atoms with Crippen LogP contribution >= 0.6 is 0 Å². The van der Waals surface area contributed by atoms with Crippen molar-refractivity contribution in [1.82, 2.24) is 0 Å². The molecule has 1 atom stereocenters. The number of fused-ring (bicyclic) bond motifs is 1. The summed E-state index contributed by atoms with van der Waals surface area (Å²) in [6.45, 7) is 13.9. The van der Waals surface area contributed by atoms with Crippen LogP contribution in [0, 0.1) is 0 Å². The van der Waals surface area contributed by atoms with Crippen molar-refractivity contribution in [3.8, 4) is 0 Å². The molecule has 0 aliphatic rings. The fourth-order valence-electron chi connectivity index (χ4n) is 3.24. The van der Waals surface area contributed by atoms with Gasteiger partial charge in [-0.2, -0.15) is 0 Å². The van der Waals surface area contributed by atoms with Gasteiger partial charge in [-0.05, 0) is 61.0 Å². The maximum absolute atomic E-state index is 6.48. The minimum atomic E-state index is -1.59. The van der Waals surface area contributed by atoms with E-state index in [-0.39, 0.29) is 0 Å². The van der Waals surface area contributed by atoms with Gasteiger partial charge in [0.2, 0.25) is 0 Å². The summed E-state index contributed by atoms with van der Waals surface area (Å²) in [5.41, 5.74) is 1.44. The van der Waals surface area contributed by atoms with Gasteiger partial charge in [0.1, 0.15) is 0 Å². The summed E-state index contributed by atoms with van der Waals surface area (Å²) in [7, 11) is -3.03. The first-order chi connectivity index (χ1) is 9.66. The summed E-state index contributed by atoms with van der Waals surface area (Å²) in [5.74, 6) is 0.563. The summed E-state index contributed by atoms with van der Waals surface area (Å²) >= 11 is 0. The highest BCUT2D eigenvalue weighted by molar-refractivity contribution is 6.84. The fourth-order valence-corrected chi connectivity index (χ4v) is 11.9. The molecule has 0 amide bonds. The molecule has 1 nitrogen and oxygen atoms in total. The van der Waals surface area contributed by atoms with Crippen molar-refractivity contribution in [3.05, 3.63) is 48.0 Å². The van der Waals surface area contributed by atoms with Gasteiger partial charge in [-0.15, -0.1) is 0 Å². The maximum atomic E-state index is 6.48. The summed E-state index contributed by atoms with van der Waals surface area (Å²) in [4.78, 5) is 0. The third-order valence-electron chi connectivity index (χ3n) is 3.72. The summed E-state index contributed by atoms with van der Waals surface area (Å²) in [6, 6.07) is 16.7. The van der Waals surface area contributed by atoms with Crippen LogP contribution in [0.1, 0.15) is 18.4 Å². The van der Waals surface area contributed by atoms with Gasteiger partial charge in [-0.3, -0.25) is 0 Å². The number of rotatable bonds is 5. The lowest BCUT2D eigenvalue weighted by Gasteiger charge is -2.33. The molecule has 0 fully saturated rings. The Balaban J connectivity index is 2.16. The van der Waals surface area contributed by atoms with E-state index in [0.29, 0.717) is 5.92 Å². The summed E-state index contributed by atoms with van der Waals surface area (Å²) in [6.07, 6.45) is 0. The Hall–Kier alpha value is -0.906. The molecule has 0 spiro atoms. The third kappa shape index (κ3) is 4.80. The zero-order chi connectivity index (χ0) is 15.7. The highest BCUT2D eigenvalue weighted by Crippen LogP contribution is 2.30. The van der Waals surface area contributed by atoms with Crippen LogP contribution in [0.2, 0.25) is 38.8 Å². The third-order valence-corrected chi connectivity index (χ3v) is 9.98. The molecule has 0 radical (unpaired) electrons. The molecule has 114 valence electrons. The summed E-state index contributed by atoms with van der Waals surface area (Å²) < 4.78 is 6.48. The molecule has 0 saturated heterocycles. The average molecular weight is 317 g/mol. The molecule has 0 N–H and O–H groups in total. The number of hydrogen-bond donors (Lipinski definition) is 0. The van der Waals surface area contributed by atoms with E-state index >= 15 is 0 Å². The number of benzene rings is 2. The molecule has 0 aliphatic carbocycles. The Morgan fingerprint density at radius 2 is 1.52 bits per heavy atom. The van der Waals surface area contributed by atoms with Crippen LogP contribution in [-0.2, 0) is 4.12 Å². The van der Waals surface area contributed by atoms with E-state index in [2.05, 4.69) is 82.1 Å². The molecule has 21 heavy (non-hydrogen) atoms. The lowest BCUT2D eigenvalue weighted by molar-refractivity contribution is 0.539. The standard InChI is InChI=1S/C18H28OSi2/c1-15(14-21(5,6)19-20(2,3)4)17-12-11-16-9-7-8-10-18(16)13-17/h7-13,15H,14H2,1-6H3. The Labute approximate surface area is 131 Å². The van der Waals surface area contributed by atoms with E-state index in [1.807, 2.05) is 0 Å². The van der Waals surface area contributed by atoms with E-state index in [4.69, 9.17) is 4.12 Å². The molecule has 2 rings (SSSR count). The first kappa shape index (κ1) is 16.5. The van der Waals surface area contributed by atoms with Crippen molar-refractivity contribution in [2.75, 3.05) is 0 Å². The van der Waals surface area contributed by atoms with Crippen LogP contribution in [0.25, 0.3) is 10.8 Å². The van der Waals surface area contributed by atoms with Crippen molar-refractivity contribution in [2.45, 2.75) is 51.6 Å². The minimum Gasteiger partial charge on any atom is -0.456 e. The number of hydrogen-bond acceptors (Lipinski definition) is 1. The Morgan fingerprint density at radius 3 is 2.14 bits per heavy atom. The second kappa shape index (κ2) is 6.07. The lowest BCUT2D eigenvalue weighted by atomic mass is 9.99. The molecular formula is C18H28OSi2. The van der Waals surface area contributed by atoms with Gasteiger partial charge in [0.05, 0.1) is 0 Å². The van der Waals surface area contributed by atoms with Gasteiger partial charge in [-0.1, -0.05) is 49.4 Å². The second-order valence-electron chi connectivity index (χ2n) is 7.69. The van der Waals surface area contributed by atoms with E-state index in [1.165, 1.54) is 22.4 Å². The van der Waals surface area contributed by atoms with E-state index in [9.17, 15) is 0 Å². The largest absolute Gasteiger partial charge is 0.456 e. The van der Waals surface area contributed by atoms with E-state index in [0.717, 1.165) is 0 Å². The van der Waals surface area contributed by atoms with Gasteiger partial charge in [0.15, 0.2) is 16.6 Å². The summed E-state index contributed by atoms with van der Waals surface area (Å²) in [5, 5.41) is 2.66. The second-order valence-corrected chi connectivity index (χ2v) is 16.7. The first-order valence-corrected chi connectivity index (χ1v) is 14.4. The van der Waals surface area contributed by atoms with Crippen molar-refractivity contribution in [3.63, 3.8) is 0 Å². The Morgan fingerprint density at radius 1 is 0.905 bits per heavy atom. The van der Waals surface area contributed by atoms with Crippen molar-refractivity contribution < 1.29 is 4.12 Å². The normalized spacial score (nSPS) is 14.4. The predicted octanol–water partition coefficient (Wildman–Crippen LogP) is 6.00. The molecular weight excluding hydrogens is 288 g/mol. The van der Waals surface area contributed by atoms with Gasteiger partial charge in [0.25, 0.3) is 0 Å². The molecule has 0 saturated carbocycles. The predicted molar refractivity (Wildman–Crippen MR) is 99.1 cm³/mol. The molecule has 1 unspecified atom stereocenters. The smallest absolute Gasteiger partial charge is 0.174 e. The van der Waals surface area contributed by atoms with E-state index in [1.54, 1.807) is 0 Å². The Bertz CT molecular complexity index is 614. The van der Waals surface area contributed by atoms with Gasteiger partial charge in [0, 0.05) is 0 Å². The van der Waals surface area contributed by atoms with Gasteiger partial charge < -0.3 is 4.12 Å². The molecule has 0 bridgehead atoms. The minimum absolute atomic E-state index is 0.563.